The highest BCUT2D eigenvalue weighted by Crippen LogP contribution is 2.37. The molecule has 4 amide bonds. The summed E-state index contributed by atoms with van der Waals surface area (Å²) in [5, 5.41) is 3.51. The van der Waals surface area contributed by atoms with Crippen LogP contribution in [0.25, 0.3) is 10.9 Å². The maximum absolute atomic E-state index is 14.1. The summed E-state index contributed by atoms with van der Waals surface area (Å²) in [5.74, 6) is 0.170. The molecule has 0 aliphatic carbocycles. The van der Waals surface area contributed by atoms with Crippen molar-refractivity contribution >= 4 is 51.7 Å². The molecule has 0 spiro atoms. The summed E-state index contributed by atoms with van der Waals surface area (Å²) < 4.78 is 12.4. The molecular weight excluding hydrogens is 622 g/mol. The molecule has 1 aromatic heterocycles. The van der Waals surface area contributed by atoms with Gasteiger partial charge in [0.15, 0.2) is 0 Å². The number of hydrogen-bond donors (Lipinski definition) is 1. The van der Waals surface area contributed by atoms with Crippen molar-refractivity contribution in [1.82, 2.24) is 14.5 Å². The second kappa shape index (κ2) is 13.0. The Bertz CT molecular complexity index is 2050. The molecule has 11 nitrogen and oxygen atoms in total. The molecule has 238 valence electrons. The van der Waals surface area contributed by atoms with E-state index in [1.54, 1.807) is 85.8 Å². The molecule has 6 rings (SSSR count). The molecule has 0 radical (unpaired) electrons. The predicted octanol–water partition coefficient (Wildman–Crippen LogP) is 6.16. The molecule has 4 aromatic carbocycles. The number of benzene rings is 4. The van der Waals surface area contributed by atoms with Crippen molar-refractivity contribution in [3.63, 3.8) is 0 Å². The van der Waals surface area contributed by atoms with Crippen LogP contribution in [0, 0.1) is 0 Å². The minimum atomic E-state index is -0.879. The lowest BCUT2D eigenvalue weighted by Gasteiger charge is -2.32. The number of amides is 4. The number of carbonyl (C=O) groups is 3. The van der Waals surface area contributed by atoms with Gasteiger partial charge in [-0.05, 0) is 61.5 Å². The van der Waals surface area contributed by atoms with E-state index in [1.165, 1.54) is 29.8 Å². The molecule has 1 aliphatic heterocycles. The number of nitrogens with zero attached hydrogens (tertiary/aromatic N) is 4. The molecule has 2 heterocycles. The zero-order valence-electron chi connectivity index (χ0n) is 25.8. The van der Waals surface area contributed by atoms with Gasteiger partial charge < -0.3 is 14.8 Å². The molecular formula is C35H30ClN5O6. The number of ether oxygens (including phenoxy) is 2. The number of methoxy groups -OCH3 is 2. The lowest BCUT2D eigenvalue weighted by atomic mass is 10.1. The van der Waals surface area contributed by atoms with Crippen molar-refractivity contribution in [2.45, 2.75) is 19.5 Å². The Morgan fingerprint density at radius 2 is 1.55 bits per heavy atom. The largest absolute Gasteiger partial charge is 0.497 e. The van der Waals surface area contributed by atoms with Crippen molar-refractivity contribution in [2.75, 3.05) is 31.0 Å². The number of aromatic nitrogens is 2. The Balaban J connectivity index is 1.47. The Morgan fingerprint density at radius 3 is 2.21 bits per heavy atom. The van der Waals surface area contributed by atoms with Crippen LogP contribution in [0.1, 0.15) is 39.5 Å². The van der Waals surface area contributed by atoms with Gasteiger partial charge in [-0.25, -0.2) is 9.78 Å². The van der Waals surface area contributed by atoms with Crippen LogP contribution in [0.2, 0.25) is 5.02 Å². The van der Waals surface area contributed by atoms with Gasteiger partial charge in [-0.3, -0.25) is 28.8 Å². The average Bonchev–Trinajstić information content (AvgIpc) is 3.33. The monoisotopic (exact) mass is 651 g/mol. The van der Waals surface area contributed by atoms with E-state index in [-0.39, 0.29) is 24.3 Å². The Hall–Kier alpha value is -5.68. The number of halogens is 1. The first kappa shape index (κ1) is 31.3. The fourth-order valence-corrected chi connectivity index (χ4v) is 5.86. The fourth-order valence-electron chi connectivity index (χ4n) is 5.69. The molecule has 0 bridgehead atoms. The minimum absolute atomic E-state index is 0.0900. The summed E-state index contributed by atoms with van der Waals surface area (Å²) in [6, 6.07) is 23.9. The third-order valence-corrected chi connectivity index (χ3v) is 8.26. The van der Waals surface area contributed by atoms with Gasteiger partial charge in [0.25, 0.3) is 17.4 Å². The summed E-state index contributed by atoms with van der Waals surface area (Å²) >= 11 is 6.26. The molecule has 1 unspecified atom stereocenters. The molecule has 5 aromatic rings. The lowest BCUT2D eigenvalue weighted by Crippen LogP contribution is -2.42. The van der Waals surface area contributed by atoms with Crippen LogP contribution < -0.4 is 25.2 Å². The number of anilines is 2. The topological polar surface area (TPSA) is 123 Å². The lowest BCUT2D eigenvalue weighted by molar-refractivity contribution is 0.0648. The molecule has 0 saturated heterocycles. The molecule has 1 atom stereocenters. The summed E-state index contributed by atoms with van der Waals surface area (Å²) in [6.45, 7) is 1.53. The maximum Gasteiger partial charge on any atom is 0.327 e. The smallest absolute Gasteiger partial charge is 0.327 e. The standard InChI is InChI=1S/C35H30ClN5O6/c1-21(41(35(45)37-23-9-5-4-6-10-23)29-16-14-24(46-2)20-30(29)47-3)31-38-28-15-13-22(36)19-27(28)34(44)39(31)17-18-40-32(42)25-11-7-8-12-26(25)33(40)43/h4-16,19-21H,17-18H2,1-3H3,(H,37,45). The third-order valence-electron chi connectivity index (χ3n) is 8.02. The van der Waals surface area contributed by atoms with E-state index < -0.39 is 29.4 Å². The first-order valence-corrected chi connectivity index (χ1v) is 15.1. The third kappa shape index (κ3) is 5.88. The van der Waals surface area contributed by atoms with Gasteiger partial charge in [-0.1, -0.05) is 41.9 Å². The van der Waals surface area contributed by atoms with Crippen LogP contribution in [0.4, 0.5) is 16.2 Å². The van der Waals surface area contributed by atoms with Crippen LogP contribution in [-0.4, -0.2) is 53.1 Å². The SMILES string of the molecule is COc1ccc(N(C(=O)Nc2ccccc2)C(C)c2nc3ccc(Cl)cc3c(=O)n2CCN2C(=O)c3ccccc3C2=O)c(OC)c1. The highest BCUT2D eigenvalue weighted by atomic mass is 35.5. The number of nitrogens with one attached hydrogen (secondary N) is 1. The molecule has 0 saturated carbocycles. The van der Waals surface area contributed by atoms with Gasteiger partial charge in [-0.2, -0.15) is 0 Å². The molecule has 47 heavy (non-hydrogen) atoms. The highest BCUT2D eigenvalue weighted by Gasteiger charge is 2.36. The quantitative estimate of drug-likeness (QED) is 0.189. The maximum atomic E-state index is 14.1. The van der Waals surface area contributed by atoms with E-state index >= 15 is 0 Å². The highest BCUT2D eigenvalue weighted by molar-refractivity contribution is 6.31. The predicted molar refractivity (Wildman–Crippen MR) is 179 cm³/mol. The number of para-hydroxylation sites is 1. The van der Waals surface area contributed by atoms with E-state index in [2.05, 4.69) is 5.32 Å². The van der Waals surface area contributed by atoms with Gasteiger partial charge in [0, 0.05) is 29.9 Å². The first-order valence-electron chi connectivity index (χ1n) is 14.7. The molecule has 12 heteroatoms. The van der Waals surface area contributed by atoms with E-state index in [1.807, 2.05) is 6.07 Å². The second-order valence-corrected chi connectivity index (χ2v) is 11.2. The van der Waals surface area contributed by atoms with Gasteiger partial charge in [-0.15, -0.1) is 0 Å². The van der Waals surface area contributed by atoms with Crippen LogP contribution in [-0.2, 0) is 6.54 Å². The van der Waals surface area contributed by atoms with Crippen molar-refractivity contribution in [3.8, 4) is 11.5 Å². The van der Waals surface area contributed by atoms with E-state index in [0.29, 0.717) is 44.5 Å². The minimum Gasteiger partial charge on any atom is -0.497 e. The summed E-state index contributed by atoms with van der Waals surface area (Å²) in [6.07, 6.45) is 0. The summed E-state index contributed by atoms with van der Waals surface area (Å²) in [5.41, 5.74) is 1.46. The van der Waals surface area contributed by atoms with Crippen molar-refractivity contribution in [1.29, 1.82) is 0 Å². The Kier molecular flexibility index (Phi) is 8.64. The normalized spacial score (nSPS) is 13.0. The van der Waals surface area contributed by atoms with Crippen molar-refractivity contribution < 1.29 is 23.9 Å². The van der Waals surface area contributed by atoms with Gasteiger partial charge in [0.2, 0.25) is 0 Å². The fraction of sp³-hybridized carbons (Fsp3) is 0.171. The van der Waals surface area contributed by atoms with Crippen LogP contribution >= 0.6 is 11.6 Å². The second-order valence-electron chi connectivity index (χ2n) is 10.8. The van der Waals surface area contributed by atoms with Gasteiger partial charge in [0.05, 0.1) is 48.0 Å². The summed E-state index contributed by atoms with van der Waals surface area (Å²) in [4.78, 5) is 62.0. The zero-order chi connectivity index (χ0) is 33.2. The molecule has 0 fully saturated rings. The number of urea groups is 1. The van der Waals surface area contributed by atoms with E-state index in [0.717, 1.165) is 4.90 Å². The Morgan fingerprint density at radius 1 is 0.872 bits per heavy atom. The molecule has 1 aliphatic rings. The average molecular weight is 652 g/mol. The Labute approximate surface area is 274 Å². The van der Waals surface area contributed by atoms with Gasteiger partial charge >= 0.3 is 6.03 Å². The van der Waals surface area contributed by atoms with E-state index in [4.69, 9.17) is 26.1 Å². The molecule has 1 N–H and O–H groups in total. The van der Waals surface area contributed by atoms with Crippen LogP contribution in [0.5, 0.6) is 11.5 Å². The number of fused-ring (bicyclic) bond motifs is 2. The van der Waals surface area contributed by atoms with Crippen LogP contribution in [0.15, 0.2) is 95.8 Å². The zero-order valence-corrected chi connectivity index (χ0v) is 26.5. The number of imide groups is 1. The number of hydrogen-bond acceptors (Lipinski definition) is 7. The number of rotatable bonds is 9. The summed E-state index contributed by atoms with van der Waals surface area (Å²) in [7, 11) is 3.00. The first-order chi connectivity index (χ1) is 22.7. The number of carbonyl (C=O) groups excluding carboxylic acids is 3. The van der Waals surface area contributed by atoms with Gasteiger partial charge in [0.1, 0.15) is 17.3 Å². The van der Waals surface area contributed by atoms with E-state index in [9.17, 15) is 19.2 Å². The van der Waals surface area contributed by atoms with Crippen LogP contribution in [0.3, 0.4) is 0 Å². The van der Waals surface area contributed by atoms with Crippen molar-refractivity contribution in [2.24, 2.45) is 0 Å². The van der Waals surface area contributed by atoms with Crippen molar-refractivity contribution in [3.05, 3.63) is 123 Å².